The smallest absolute Gasteiger partial charge is 0.120 e. The van der Waals surface area contributed by atoms with Crippen LogP contribution < -0.4 is 10.1 Å². The van der Waals surface area contributed by atoms with E-state index in [0.29, 0.717) is 6.10 Å². The number of hydrogen-bond acceptors (Lipinski definition) is 3. The minimum Gasteiger partial charge on any atom is -0.490 e. The maximum Gasteiger partial charge on any atom is 0.120 e. The molecule has 1 heterocycles. The summed E-state index contributed by atoms with van der Waals surface area (Å²) >= 11 is 0. The summed E-state index contributed by atoms with van der Waals surface area (Å²) in [5, 5.41) is 4.47. The van der Waals surface area contributed by atoms with Gasteiger partial charge in [0.1, 0.15) is 5.75 Å². The molecule has 1 fully saturated rings. The topological polar surface area (TPSA) is 34.1 Å². The maximum absolute atomic E-state index is 6.21. The van der Waals surface area contributed by atoms with Crippen LogP contribution in [-0.4, -0.2) is 17.6 Å². The summed E-state index contributed by atoms with van der Waals surface area (Å²) < 4.78 is 6.21. The molecule has 1 aromatic heterocycles. The van der Waals surface area contributed by atoms with Gasteiger partial charge in [-0.1, -0.05) is 26.3 Å². The summed E-state index contributed by atoms with van der Waals surface area (Å²) in [5.74, 6) is 1.89. The van der Waals surface area contributed by atoms with E-state index in [1.54, 1.807) is 0 Å². The molecule has 23 heavy (non-hydrogen) atoms. The van der Waals surface area contributed by atoms with Crippen LogP contribution >= 0.6 is 0 Å². The molecule has 0 aliphatic heterocycles. The van der Waals surface area contributed by atoms with Crippen LogP contribution in [0.25, 0.3) is 10.9 Å². The molecule has 0 bridgehead atoms. The highest BCUT2D eigenvalue weighted by atomic mass is 16.5. The zero-order valence-electron chi connectivity index (χ0n) is 14.3. The zero-order chi connectivity index (χ0) is 16.1. The van der Waals surface area contributed by atoms with E-state index in [1.807, 2.05) is 0 Å². The molecule has 0 unspecified atom stereocenters. The summed E-state index contributed by atoms with van der Waals surface area (Å²) in [7, 11) is 0. The van der Waals surface area contributed by atoms with Crippen LogP contribution in [0.5, 0.6) is 5.75 Å². The van der Waals surface area contributed by atoms with Crippen molar-refractivity contribution in [1.82, 2.24) is 10.3 Å². The van der Waals surface area contributed by atoms with Crippen LogP contribution in [0.4, 0.5) is 0 Å². The van der Waals surface area contributed by atoms with E-state index in [1.165, 1.54) is 32.1 Å². The highest BCUT2D eigenvalue weighted by Crippen LogP contribution is 2.30. The molecule has 0 spiro atoms. The van der Waals surface area contributed by atoms with Gasteiger partial charge >= 0.3 is 0 Å². The van der Waals surface area contributed by atoms with Gasteiger partial charge in [0.2, 0.25) is 0 Å². The third kappa shape index (κ3) is 4.23. The first-order valence-corrected chi connectivity index (χ1v) is 9.05. The van der Waals surface area contributed by atoms with Crippen molar-refractivity contribution < 1.29 is 4.74 Å². The van der Waals surface area contributed by atoms with Crippen molar-refractivity contribution in [3.8, 4) is 5.75 Å². The molecule has 1 saturated carbocycles. The number of aromatic nitrogens is 1. The summed E-state index contributed by atoms with van der Waals surface area (Å²) in [4.78, 5) is 4.70. The summed E-state index contributed by atoms with van der Waals surface area (Å²) in [6, 6.07) is 10.5. The molecule has 0 radical (unpaired) electrons. The van der Waals surface area contributed by atoms with Gasteiger partial charge in [-0.05, 0) is 62.4 Å². The van der Waals surface area contributed by atoms with Crippen LogP contribution in [0.2, 0.25) is 0 Å². The molecule has 0 atom stereocenters. The summed E-state index contributed by atoms with van der Waals surface area (Å²) in [5.41, 5.74) is 2.13. The first kappa shape index (κ1) is 16.3. The van der Waals surface area contributed by atoms with Crippen molar-refractivity contribution in [3.05, 3.63) is 36.0 Å². The first-order valence-electron chi connectivity index (χ1n) is 9.05. The van der Waals surface area contributed by atoms with E-state index in [4.69, 9.17) is 9.72 Å². The Hall–Kier alpha value is -1.61. The van der Waals surface area contributed by atoms with Crippen molar-refractivity contribution in [1.29, 1.82) is 0 Å². The van der Waals surface area contributed by atoms with Crippen molar-refractivity contribution in [2.45, 2.75) is 58.6 Å². The second-order valence-corrected chi connectivity index (χ2v) is 6.61. The number of nitrogens with zero attached hydrogens (tertiary/aromatic N) is 1. The summed E-state index contributed by atoms with van der Waals surface area (Å²) in [6.45, 7) is 6.20. The molecule has 3 rings (SSSR count). The van der Waals surface area contributed by atoms with Gasteiger partial charge in [0.05, 0.1) is 17.3 Å². The SMILES string of the molecule is CCNCc1ccc2cc(O[C@H]3CC[C@@H](CC)CC3)ccc2n1. The minimum atomic E-state index is 0.385. The van der Waals surface area contributed by atoms with Crippen LogP contribution in [-0.2, 0) is 6.54 Å². The Morgan fingerprint density at radius 3 is 2.65 bits per heavy atom. The van der Waals surface area contributed by atoms with Crippen LogP contribution in [0.3, 0.4) is 0 Å². The first-order chi connectivity index (χ1) is 11.3. The predicted molar refractivity (Wildman–Crippen MR) is 95.8 cm³/mol. The summed E-state index contributed by atoms with van der Waals surface area (Å²) in [6.07, 6.45) is 6.70. The standard InChI is InChI=1S/C20H28N2O/c1-3-15-5-9-18(10-6-15)23-19-11-12-20-16(13-19)7-8-17(22-20)14-21-4-2/h7-8,11-13,15,18,21H,3-6,9-10,14H2,1-2H3/t15-,18+. The van der Waals surface area contributed by atoms with Gasteiger partial charge in [0.15, 0.2) is 0 Å². The molecule has 1 aliphatic rings. The second-order valence-electron chi connectivity index (χ2n) is 6.61. The molecule has 124 valence electrons. The van der Waals surface area contributed by atoms with E-state index < -0.39 is 0 Å². The van der Waals surface area contributed by atoms with Crippen LogP contribution in [0.15, 0.2) is 30.3 Å². The highest BCUT2D eigenvalue weighted by Gasteiger charge is 2.21. The van der Waals surface area contributed by atoms with E-state index in [-0.39, 0.29) is 0 Å². The lowest BCUT2D eigenvalue weighted by atomic mass is 9.86. The Morgan fingerprint density at radius 2 is 1.91 bits per heavy atom. The fourth-order valence-electron chi connectivity index (χ4n) is 3.42. The predicted octanol–water partition coefficient (Wildman–Crippen LogP) is 4.69. The monoisotopic (exact) mass is 312 g/mol. The molecule has 0 amide bonds. The van der Waals surface area contributed by atoms with Crippen molar-refractivity contribution in [3.63, 3.8) is 0 Å². The van der Waals surface area contributed by atoms with Crippen LogP contribution in [0, 0.1) is 5.92 Å². The minimum absolute atomic E-state index is 0.385. The largest absolute Gasteiger partial charge is 0.490 e. The fourth-order valence-corrected chi connectivity index (χ4v) is 3.42. The van der Waals surface area contributed by atoms with Crippen molar-refractivity contribution >= 4 is 10.9 Å². The number of nitrogens with one attached hydrogen (secondary N) is 1. The number of benzene rings is 1. The lowest BCUT2D eigenvalue weighted by Gasteiger charge is -2.28. The normalized spacial score (nSPS) is 21.5. The molecule has 1 aliphatic carbocycles. The molecule has 2 aromatic rings. The van der Waals surface area contributed by atoms with Gasteiger partial charge in [0, 0.05) is 11.9 Å². The quantitative estimate of drug-likeness (QED) is 0.840. The molecular formula is C20H28N2O. The lowest BCUT2D eigenvalue weighted by molar-refractivity contribution is 0.130. The number of hydrogen-bond donors (Lipinski definition) is 1. The molecular weight excluding hydrogens is 284 g/mol. The Labute approximate surface area is 139 Å². The van der Waals surface area contributed by atoms with Crippen molar-refractivity contribution in [2.75, 3.05) is 6.54 Å². The van der Waals surface area contributed by atoms with Gasteiger partial charge in [-0.2, -0.15) is 0 Å². The Kier molecular flexibility index (Phi) is 5.50. The average molecular weight is 312 g/mol. The maximum atomic E-state index is 6.21. The van der Waals surface area contributed by atoms with E-state index in [0.717, 1.165) is 41.4 Å². The molecule has 1 aromatic carbocycles. The third-order valence-electron chi connectivity index (χ3n) is 4.95. The van der Waals surface area contributed by atoms with Gasteiger partial charge < -0.3 is 10.1 Å². The van der Waals surface area contributed by atoms with Gasteiger partial charge in [-0.3, -0.25) is 4.98 Å². The van der Waals surface area contributed by atoms with E-state index >= 15 is 0 Å². The van der Waals surface area contributed by atoms with Crippen LogP contribution in [0.1, 0.15) is 51.6 Å². The number of rotatable bonds is 6. The van der Waals surface area contributed by atoms with E-state index in [9.17, 15) is 0 Å². The number of pyridine rings is 1. The average Bonchev–Trinajstić information content (AvgIpc) is 2.60. The Morgan fingerprint density at radius 1 is 1.09 bits per heavy atom. The third-order valence-corrected chi connectivity index (χ3v) is 4.95. The van der Waals surface area contributed by atoms with Gasteiger partial charge in [0.25, 0.3) is 0 Å². The molecule has 1 N–H and O–H groups in total. The molecule has 0 saturated heterocycles. The second kappa shape index (κ2) is 7.78. The molecule has 3 heteroatoms. The van der Waals surface area contributed by atoms with Gasteiger partial charge in [-0.25, -0.2) is 0 Å². The zero-order valence-corrected chi connectivity index (χ0v) is 14.3. The Bertz CT molecular complexity index is 633. The number of ether oxygens (including phenoxy) is 1. The van der Waals surface area contributed by atoms with Gasteiger partial charge in [-0.15, -0.1) is 0 Å². The number of fused-ring (bicyclic) bond motifs is 1. The Balaban J connectivity index is 1.66. The lowest BCUT2D eigenvalue weighted by Crippen LogP contribution is -2.23. The van der Waals surface area contributed by atoms with E-state index in [2.05, 4.69) is 49.5 Å². The fraction of sp³-hybridized carbons (Fsp3) is 0.550. The highest BCUT2D eigenvalue weighted by molar-refractivity contribution is 5.80. The van der Waals surface area contributed by atoms with Crippen molar-refractivity contribution in [2.24, 2.45) is 5.92 Å². The molecule has 3 nitrogen and oxygen atoms in total.